The molecule has 0 spiro atoms. The summed E-state index contributed by atoms with van der Waals surface area (Å²) in [6.07, 6.45) is 0. The van der Waals surface area contributed by atoms with E-state index >= 15 is 0 Å². The standard InChI is InChI=1S/C10H13BN2O4/c12-3-6-1-7(17-10(14)4-13)2-9-8(6)5-16-11(9)15/h1-2,15H,3-5,12-13H2. The van der Waals surface area contributed by atoms with Gasteiger partial charge >= 0.3 is 13.1 Å². The van der Waals surface area contributed by atoms with Crippen LogP contribution in [0.15, 0.2) is 12.1 Å². The molecule has 90 valence electrons. The molecule has 0 saturated carbocycles. The molecule has 0 fully saturated rings. The lowest BCUT2D eigenvalue weighted by molar-refractivity contribution is -0.132. The molecule has 0 saturated heterocycles. The van der Waals surface area contributed by atoms with Gasteiger partial charge in [0.05, 0.1) is 13.2 Å². The van der Waals surface area contributed by atoms with E-state index < -0.39 is 13.1 Å². The summed E-state index contributed by atoms with van der Waals surface area (Å²) in [5.41, 5.74) is 13.0. The second kappa shape index (κ2) is 4.85. The van der Waals surface area contributed by atoms with Crippen LogP contribution < -0.4 is 21.7 Å². The van der Waals surface area contributed by atoms with Crippen molar-refractivity contribution in [1.82, 2.24) is 0 Å². The smallest absolute Gasteiger partial charge is 0.426 e. The lowest BCUT2D eigenvalue weighted by Crippen LogP contribution is -2.29. The number of carbonyl (C=O) groups is 1. The first-order chi connectivity index (χ1) is 8.15. The number of carbonyl (C=O) groups excluding carboxylic acids is 1. The Bertz CT molecular complexity index is 452. The van der Waals surface area contributed by atoms with Gasteiger partial charge in [-0.2, -0.15) is 0 Å². The van der Waals surface area contributed by atoms with Gasteiger partial charge in [0.2, 0.25) is 0 Å². The monoisotopic (exact) mass is 236 g/mol. The summed E-state index contributed by atoms with van der Waals surface area (Å²) in [7, 11) is -0.994. The van der Waals surface area contributed by atoms with E-state index in [9.17, 15) is 9.82 Å². The third-order valence-corrected chi connectivity index (χ3v) is 2.62. The summed E-state index contributed by atoms with van der Waals surface area (Å²) >= 11 is 0. The molecule has 5 N–H and O–H groups in total. The maximum absolute atomic E-state index is 11.1. The van der Waals surface area contributed by atoms with E-state index in [1.807, 2.05) is 0 Å². The summed E-state index contributed by atoms with van der Waals surface area (Å²) in [6.45, 7) is 0.397. The lowest BCUT2D eigenvalue weighted by atomic mass is 9.78. The first-order valence-electron chi connectivity index (χ1n) is 5.22. The summed E-state index contributed by atoms with van der Waals surface area (Å²) in [5, 5.41) is 9.59. The third-order valence-electron chi connectivity index (χ3n) is 2.62. The Morgan fingerprint density at radius 3 is 2.94 bits per heavy atom. The van der Waals surface area contributed by atoms with Crippen LogP contribution in [-0.4, -0.2) is 24.7 Å². The zero-order valence-corrected chi connectivity index (χ0v) is 9.18. The van der Waals surface area contributed by atoms with E-state index in [2.05, 4.69) is 0 Å². The Morgan fingerprint density at radius 2 is 2.29 bits per heavy atom. The average molecular weight is 236 g/mol. The highest BCUT2D eigenvalue weighted by molar-refractivity contribution is 6.61. The summed E-state index contributed by atoms with van der Waals surface area (Å²) in [6, 6.07) is 3.23. The fourth-order valence-corrected chi connectivity index (χ4v) is 1.79. The highest BCUT2D eigenvalue weighted by Gasteiger charge is 2.30. The molecule has 1 heterocycles. The van der Waals surface area contributed by atoms with Crippen LogP contribution in [0.5, 0.6) is 5.75 Å². The number of ether oxygens (including phenoxy) is 1. The Hall–Kier alpha value is -1.41. The Balaban J connectivity index is 2.36. The van der Waals surface area contributed by atoms with Crippen LogP contribution in [0.3, 0.4) is 0 Å². The molecule has 0 atom stereocenters. The molecule has 0 aliphatic carbocycles. The number of nitrogens with two attached hydrogens (primary N) is 2. The molecule has 1 aromatic rings. The number of rotatable bonds is 3. The van der Waals surface area contributed by atoms with Crippen molar-refractivity contribution in [3.63, 3.8) is 0 Å². The van der Waals surface area contributed by atoms with E-state index in [4.69, 9.17) is 20.9 Å². The van der Waals surface area contributed by atoms with Crippen LogP contribution in [0.1, 0.15) is 11.1 Å². The molecule has 2 rings (SSSR count). The van der Waals surface area contributed by atoms with Crippen LogP contribution in [-0.2, 0) is 22.6 Å². The molecule has 0 unspecified atom stereocenters. The molecule has 17 heavy (non-hydrogen) atoms. The number of fused-ring (bicyclic) bond motifs is 1. The number of benzene rings is 1. The quantitative estimate of drug-likeness (QED) is 0.325. The zero-order valence-electron chi connectivity index (χ0n) is 9.18. The van der Waals surface area contributed by atoms with Gasteiger partial charge in [-0.15, -0.1) is 0 Å². The van der Waals surface area contributed by atoms with E-state index in [0.717, 1.165) is 11.1 Å². The molecular weight excluding hydrogens is 223 g/mol. The molecule has 6 nitrogen and oxygen atoms in total. The van der Waals surface area contributed by atoms with Crippen LogP contribution >= 0.6 is 0 Å². The fourth-order valence-electron chi connectivity index (χ4n) is 1.79. The van der Waals surface area contributed by atoms with Gasteiger partial charge in [-0.25, -0.2) is 0 Å². The minimum absolute atomic E-state index is 0.200. The zero-order chi connectivity index (χ0) is 12.4. The predicted octanol–water partition coefficient (Wildman–Crippen LogP) is -1.77. The third kappa shape index (κ3) is 2.32. The van der Waals surface area contributed by atoms with Gasteiger partial charge in [0.15, 0.2) is 0 Å². The predicted molar refractivity (Wildman–Crippen MR) is 61.4 cm³/mol. The number of hydrogen-bond acceptors (Lipinski definition) is 6. The van der Waals surface area contributed by atoms with Gasteiger partial charge in [-0.3, -0.25) is 4.79 Å². The highest BCUT2D eigenvalue weighted by Crippen LogP contribution is 2.21. The van der Waals surface area contributed by atoms with Crippen LogP contribution in [0.25, 0.3) is 0 Å². The number of hydrogen-bond donors (Lipinski definition) is 3. The van der Waals surface area contributed by atoms with Crippen molar-refractivity contribution >= 4 is 18.6 Å². The van der Waals surface area contributed by atoms with Gasteiger partial charge in [-0.1, -0.05) is 0 Å². The van der Waals surface area contributed by atoms with Crippen molar-refractivity contribution in [2.75, 3.05) is 6.54 Å². The fraction of sp³-hybridized carbons (Fsp3) is 0.300. The highest BCUT2D eigenvalue weighted by atomic mass is 16.5. The van der Waals surface area contributed by atoms with Crippen LogP contribution in [0.2, 0.25) is 0 Å². The normalized spacial score (nSPS) is 13.7. The minimum atomic E-state index is -0.994. The van der Waals surface area contributed by atoms with Gasteiger partial charge in [0.25, 0.3) is 0 Å². The summed E-state index contributed by atoms with van der Waals surface area (Å²) in [4.78, 5) is 11.1. The maximum atomic E-state index is 11.1. The molecule has 0 bridgehead atoms. The average Bonchev–Trinajstić information content (AvgIpc) is 2.70. The SMILES string of the molecule is NCC(=O)Oc1cc(CN)c2c(c1)B(O)OC2. The number of esters is 1. The van der Waals surface area contributed by atoms with Gasteiger partial charge in [0, 0.05) is 6.54 Å². The second-order valence-electron chi connectivity index (χ2n) is 3.70. The van der Waals surface area contributed by atoms with Crippen molar-refractivity contribution < 1.29 is 19.2 Å². The topological polar surface area (TPSA) is 108 Å². The largest absolute Gasteiger partial charge is 0.491 e. The maximum Gasteiger partial charge on any atom is 0.491 e. The molecule has 0 radical (unpaired) electrons. The minimum Gasteiger partial charge on any atom is -0.426 e. The van der Waals surface area contributed by atoms with E-state index in [1.165, 1.54) is 0 Å². The second-order valence-corrected chi connectivity index (χ2v) is 3.70. The van der Waals surface area contributed by atoms with Gasteiger partial charge in [-0.05, 0) is 28.7 Å². The first kappa shape index (κ1) is 12.1. The Kier molecular flexibility index (Phi) is 3.44. The molecule has 1 aliphatic rings. The van der Waals surface area contributed by atoms with Gasteiger partial charge < -0.3 is 25.9 Å². The molecule has 0 aromatic heterocycles. The van der Waals surface area contributed by atoms with Crippen molar-refractivity contribution in [2.45, 2.75) is 13.2 Å². The lowest BCUT2D eigenvalue weighted by Gasteiger charge is -2.09. The molecule has 1 aliphatic heterocycles. The Labute approximate surface area is 98.6 Å². The Morgan fingerprint density at radius 1 is 1.53 bits per heavy atom. The summed E-state index contributed by atoms with van der Waals surface area (Å²) in [5.74, 6) is -0.217. The molecule has 0 amide bonds. The molecular formula is C10H13BN2O4. The van der Waals surface area contributed by atoms with Gasteiger partial charge in [0.1, 0.15) is 5.75 Å². The molecule has 7 heteroatoms. The summed E-state index contributed by atoms with van der Waals surface area (Å²) < 4.78 is 10.1. The molecule has 1 aromatic carbocycles. The van der Waals surface area contributed by atoms with E-state index in [1.54, 1.807) is 12.1 Å². The van der Waals surface area contributed by atoms with Crippen molar-refractivity contribution in [1.29, 1.82) is 0 Å². The van der Waals surface area contributed by atoms with Crippen molar-refractivity contribution in [2.24, 2.45) is 11.5 Å². The van der Waals surface area contributed by atoms with E-state index in [0.29, 0.717) is 17.8 Å². The van der Waals surface area contributed by atoms with Crippen LogP contribution in [0.4, 0.5) is 0 Å². The van der Waals surface area contributed by atoms with E-state index in [-0.39, 0.29) is 13.1 Å². The van der Waals surface area contributed by atoms with Crippen molar-refractivity contribution in [3.8, 4) is 5.75 Å². The van der Waals surface area contributed by atoms with Crippen LogP contribution in [0, 0.1) is 0 Å². The van der Waals surface area contributed by atoms with Crippen molar-refractivity contribution in [3.05, 3.63) is 23.3 Å². The first-order valence-corrected chi connectivity index (χ1v) is 5.22.